The van der Waals surface area contributed by atoms with Gasteiger partial charge in [-0.25, -0.2) is 14.4 Å². The van der Waals surface area contributed by atoms with Gasteiger partial charge < -0.3 is 20.4 Å². The minimum atomic E-state index is -0.309. The molecule has 0 fully saturated rings. The van der Waals surface area contributed by atoms with Crippen LogP contribution < -0.4 is 15.4 Å². The van der Waals surface area contributed by atoms with Crippen molar-refractivity contribution < 1.29 is 9.13 Å². The second-order valence-corrected chi connectivity index (χ2v) is 7.43. The molecule has 10 heteroatoms. The molecule has 0 atom stereocenters. The van der Waals surface area contributed by atoms with Crippen molar-refractivity contribution in [1.29, 1.82) is 0 Å². The second kappa shape index (κ2) is 6.84. The normalized spacial score (nSPS) is 12.3. The Morgan fingerprint density at radius 1 is 1.12 bits per heavy atom. The molecule has 0 unspecified atom stereocenters. The van der Waals surface area contributed by atoms with E-state index in [0.717, 1.165) is 22.2 Å². The summed E-state index contributed by atoms with van der Waals surface area (Å²) in [6.07, 6.45) is 6.53. The Morgan fingerprint density at radius 2 is 1.97 bits per heavy atom. The number of H-pyrrole nitrogens is 1. The number of aromatic amines is 1. The molecule has 0 aliphatic carbocycles. The van der Waals surface area contributed by atoms with Gasteiger partial charge in [0.2, 0.25) is 0 Å². The zero-order valence-electron chi connectivity index (χ0n) is 17.2. The molecule has 4 aromatic heterocycles. The Balaban J connectivity index is 1.69. The molecular formula is C22H17FN8O. The topological polar surface area (TPSA) is 114 Å². The van der Waals surface area contributed by atoms with Crippen molar-refractivity contribution in [2.24, 2.45) is 0 Å². The Hall–Kier alpha value is -4.34. The Morgan fingerprint density at radius 3 is 2.78 bits per heavy atom. The average molecular weight is 428 g/mol. The largest absolute Gasteiger partial charge is 0.421 e. The number of rotatable bonds is 3. The Labute approximate surface area is 181 Å². The van der Waals surface area contributed by atoms with Crippen LogP contribution in [0.1, 0.15) is 11.4 Å². The van der Waals surface area contributed by atoms with Crippen LogP contribution in [0.25, 0.3) is 33.2 Å². The SMILES string of the molecule is CNc1cc(F)c2c3c1[nH]c1nc(Oc4cnc(C)nc4)nc(c13)-c1cnccc1NC2. The maximum Gasteiger partial charge on any atom is 0.324 e. The van der Waals surface area contributed by atoms with Crippen molar-refractivity contribution >= 4 is 33.3 Å². The molecule has 0 saturated carbocycles. The molecule has 158 valence electrons. The number of hydrogen-bond donors (Lipinski definition) is 3. The molecular weight excluding hydrogens is 411 g/mol. The van der Waals surface area contributed by atoms with Gasteiger partial charge in [-0.3, -0.25) is 4.98 Å². The lowest BCUT2D eigenvalue weighted by atomic mass is 9.99. The van der Waals surface area contributed by atoms with Gasteiger partial charge in [0.1, 0.15) is 17.3 Å². The summed E-state index contributed by atoms with van der Waals surface area (Å²) in [4.78, 5) is 25.2. The van der Waals surface area contributed by atoms with E-state index in [1.54, 1.807) is 38.8 Å². The molecule has 0 spiro atoms. The van der Waals surface area contributed by atoms with Crippen molar-refractivity contribution in [3.05, 3.63) is 54.1 Å². The van der Waals surface area contributed by atoms with E-state index in [1.165, 1.54) is 6.07 Å². The van der Waals surface area contributed by atoms with E-state index in [4.69, 9.17) is 9.72 Å². The van der Waals surface area contributed by atoms with Crippen LogP contribution in [-0.2, 0) is 6.54 Å². The highest BCUT2D eigenvalue weighted by molar-refractivity contribution is 6.17. The molecule has 5 aromatic rings. The van der Waals surface area contributed by atoms with Crippen molar-refractivity contribution in [2.75, 3.05) is 17.7 Å². The number of nitrogens with zero attached hydrogens (tertiary/aromatic N) is 5. The molecule has 5 heterocycles. The van der Waals surface area contributed by atoms with Gasteiger partial charge in [-0.2, -0.15) is 9.97 Å². The lowest BCUT2D eigenvalue weighted by Crippen LogP contribution is -2.08. The van der Waals surface area contributed by atoms with Crippen LogP contribution in [-0.4, -0.2) is 37.0 Å². The number of pyridine rings is 1. The Bertz CT molecular complexity index is 1510. The maximum absolute atomic E-state index is 15.1. The molecule has 9 nitrogen and oxygen atoms in total. The standard InChI is InChI=1S/C22H17FN8O/c1-10-26-6-11(7-27-10)32-22-30-19-13-8-25-4-3-15(13)28-9-12-14(23)5-16(24-2)20-17(12)18(19)21(29-20)31-22/h3-8,24,28H,9H2,1-2H3,(H,29,30,31). The first-order valence-corrected chi connectivity index (χ1v) is 9.99. The smallest absolute Gasteiger partial charge is 0.324 e. The summed E-state index contributed by atoms with van der Waals surface area (Å²) in [7, 11) is 1.75. The van der Waals surface area contributed by atoms with E-state index >= 15 is 4.39 Å². The highest BCUT2D eigenvalue weighted by atomic mass is 19.1. The van der Waals surface area contributed by atoms with Crippen molar-refractivity contribution in [1.82, 2.24) is 29.9 Å². The van der Waals surface area contributed by atoms with Crippen molar-refractivity contribution in [3.63, 3.8) is 0 Å². The van der Waals surface area contributed by atoms with E-state index in [1.807, 2.05) is 6.07 Å². The molecule has 0 bridgehead atoms. The van der Waals surface area contributed by atoms with Crippen LogP contribution in [0.3, 0.4) is 0 Å². The van der Waals surface area contributed by atoms with Crippen LogP contribution in [0.5, 0.6) is 11.8 Å². The first-order chi connectivity index (χ1) is 15.6. The summed E-state index contributed by atoms with van der Waals surface area (Å²) in [5, 5.41) is 7.82. The number of nitrogens with one attached hydrogen (secondary N) is 3. The first kappa shape index (κ1) is 18.4. The zero-order valence-corrected chi connectivity index (χ0v) is 17.2. The number of benzene rings is 1. The molecule has 1 aliphatic rings. The van der Waals surface area contributed by atoms with Gasteiger partial charge in [0, 0.05) is 48.2 Å². The van der Waals surface area contributed by atoms with Gasteiger partial charge in [-0.15, -0.1) is 0 Å². The van der Waals surface area contributed by atoms with E-state index in [2.05, 4.69) is 35.6 Å². The number of halogens is 1. The third-order valence-electron chi connectivity index (χ3n) is 5.53. The van der Waals surface area contributed by atoms with Gasteiger partial charge in [-0.05, 0) is 19.1 Å². The molecule has 3 N–H and O–H groups in total. The lowest BCUT2D eigenvalue weighted by molar-refractivity contribution is 0.440. The fourth-order valence-corrected chi connectivity index (χ4v) is 4.05. The summed E-state index contributed by atoms with van der Waals surface area (Å²) in [5.74, 6) is 0.736. The maximum atomic E-state index is 15.1. The fraction of sp³-hybridized carbons (Fsp3) is 0.136. The van der Waals surface area contributed by atoms with E-state index in [0.29, 0.717) is 46.1 Å². The number of fused-ring (bicyclic) bond motifs is 2. The van der Waals surface area contributed by atoms with Gasteiger partial charge >= 0.3 is 6.01 Å². The van der Waals surface area contributed by atoms with Crippen molar-refractivity contribution in [3.8, 4) is 23.0 Å². The molecule has 6 rings (SSSR count). The highest BCUT2D eigenvalue weighted by Crippen LogP contribution is 2.42. The summed E-state index contributed by atoms with van der Waals surface area (Å²) >= 11 is 0. The van der Waals surface area contributed by atoms with Crippen LogP contribution in [0, 0.1) is 12.7 Å². The molecule has 32 heavy (non-hydrogen) atoms. The lowest BCUT2D eigenvalue weighted by Gasteiger charge is -2.18. The number of ether oxygens (including phenoxy) is 1. The molecule has 1 aliphatic heterocycles. The minimum absolute atomic E-state index is 0.120. The summed E-state index contributed by atoms with van der Waals surface area (Å²) in [5.41, 5.74) is 4.61. The van der Waals surface area contributed by atoms with Crippen molar-refractivity contribution in [2.45, 2.75) is 13.5 Å². The fourth-order valence-electron chi connectivity index (χ4n) is 4.05. The molecule has 0 saturated heterocycles. The van der Waals surface area contributed by atoms with E-state index in [-0.39, 0.29) is 11.8 Å². The number of aromatic nitrogens is 6. The highest BCUT2D eigenvalue weighted by Gasteiger charge is 2.25. The van der Waals surface area contributed by atoms with Gasteiger partial charge in [0.15, 0.2) is 5.75 Å². The molecule has 1 aromatic carbocycles. The third-order valence-corrected chi connectivity index (χ3v) is 5.53. The second-order valence-electron chi connectivity index (χ2n) is 7.43. The summed E-state index contributed by atoms with van der Waals surface area (Å²) < 4.78 is 21.0. The van der Waals surface area contributed by atoms with Gasteiger partial charge in [0.05, 0.1) is 34.7 Å². The predicted octanol–water partition coefficient (Wildman–Crippen LogP) is 4.17. The van der Waals surface area contributed by atoms with E-state index < -0.39 is 0 Å². The monoisotopic (exact) mass is 428 g/mol. The van der Waals surface area contributed by atoms with Crippen LogP contribution in [0.15, 0.2) is 36.9 Å². The Kier molecular flexibility index (Phi) is 3.94. The number of anilines is 2. The van der Waals surface area contributed by atoms with Crippen LogP contribution in [0.4, 0.5) is 15.8 Å². The molecule has 0 radical (unpaired) electrons. The quantitative estimate of drug-likeness (QED) is 0.392. The number of hydrogen-bond acceptors (Lipinski definition) is 8. The summed E-state index contributed by atoms with van der Waals surface area (Å²) in [6.45, 7) is 2.11. The van der Waals surface area contributed by atoms with Gasteiger partial charge in [-0.1, -0.05) is 0 Å². The van der Waals surface area contributed by atoms with Crippen LogP contribution >= 0.6 is 0 Å². The third kappa shape index (κ3) is 2.73. The van der Waals surface area contributed by atoms with Gasteiger partial charge in [0.25, 0.3) is 0 Å². The predicted molar refractivity (Wildman–Crippen MR) is 118 cm³/mol. The molecule has 0 amide bonds. The number of aryl methyl sites for hydroxylation is 1. The minimum Gasteiger partial charge on any atom is -0.421 e. The first-order valence-electron chi connectivity index (χ1n) is 9.99. The van der Waals surface area contributed by atoms with E-state index in [9.17, 15) is 0 Å². The average Bonchev–Trinajstić information content (AvgIpc) is 3.17. The summed E-state index contributed by atoms with van der Waals surface area (Å²) in [6, 6.07) is 3.44. The van der Waals surface area contributed by atoms with Crippen LogP contribution in [0.2, 0.25) is 0 Å². The zero-order chi connectivity index (χ0) is 21.8.